The van der Waals surface area contributed by atoms with Gasteiger partial charge in [0.05, 0.1) is 12.8 Å². The Hall–Kier alpha value is -1.33. The Labute approximate surface area is 131 Å². The standard InChI is InChI=1S/C15H16BrNO2S/c1-19-11-7-8-13(16)14(10-11)17-15(18)6-2-4-12-5-3-9-20-12/h3,5,7-10H,2,4,6H2,1H3,(H,17,18). The van der Waals surface area contributed by atoms with E-state index in [1.165, 1.54) is 4.88 Å². The molecule has 0 atom stereocenters. The van der Waals surface area contributed by atoms with Crippen LogP contribution in [0.5, 0.6) is 5.75 Å². The molecule has 0 radical (unpaired) electrons. The fraction of sp³-hybridized carbons (Fsp3) is 0.267. The number of ether oxygens (including phenoxy) is 1. The van der Waals surface area contributed by atoms with Crippen LogP contribution < -0.4 is 10.1 Å². The SMILES string of the molecule is COc1ccc(Br)c(NC(=O)CCCc2cccs2)c1. The van der Waals surface area contributed by atoms with Crippen LogP contribution in [0.3, 0.4) is 0 Å². The Bertz CT molecular complexity index is 569. The number of nitrogens with one attached hydrogen (secondary N) is 1. The summed E-state index contributed by atoms with van der Waals surface area (Å²) >= 11 is 5.15. The van der Waals surface area contributed by atoms with Crippen LogP contribution in [0.4, 0.5) is 5.69 Å². The average Bonchev–Trinajstić information content (AvgIpc) is 2.94. The fourth-order valence-electron chi connectivity index (χ4n) is 1.82. The molecule has 106 valence electrons. The van der Waals surface area contributed by atoms with Gasteiger partial charge in [-0.25, -0.2) is 0 Å². The second-order valence-corrected chi connectivity index (χ2v) is 6.21. The molecule has 1 amide bonds. The third kappa shape index (κ3) is 4.35. The van der Waals surface area contributed by atoms with Gasteiger partial charge < -0.3 is 10.1 Å². The summed E-state index contributed by atoms with van der Waals surface area (Å²) in [6, 6.07) is 9.65. The lowest BCUT2D eigenvalue weighted by molar-refractivity contribution is -0.116. The van der Waals surface area contributed by atoms with Crippen LogP contribution in [-0.2, 0) is 11.2 Å². The maximum absolute atomic E-state index is 11.9. The molecule has 0 unspecified atom stereocenters. The molecule has 0 aliphatic heterocycles. The van der Waals surface area contributed by atoms with Crippen LogP contribution in [0.1, 0.15) is 17.7 Å². The van der Waals surface area contributed by atoms with Gasteiger partial charge in [-0.1, -0.05) is 6.07 Å². The van der Waals surface area contributed by atoms with Crippen molar-refractivity contribution in [1.82, 2.24) is 0 Å². The van der Waals surface area contributed by atoms with Crippen LogP contribution in [0.2, 0.25) is 0 Å². The van der Waals surface area contributed by atoms with Gasteiger partial charge >= 0.3 is 0 Å². The van der Waals surface area contributed by atoms with Crippen LogP contribution in [-0.4, -0.2) is 13.0 Å². The molecule has 0 saturated carbocycles. The van der Waals surface area contributed by atoms with E-state index in [0.29, 0.717) is 6.42 Å². The lowest BCUT2D eigenvalue weighted by atomic mass is 10.2. The van der Waals surface area contributed by atoms with Gasteiger partial charge in [0.15, 0.2) is 0 Å². The van der Waals surface area contributed by atoms with Gasteiger partial charge in [-0.2, -0.15) is 0 Å². The molecule has 1 aromatic heterocycles. The number of halogens is 1. The van der Waals surface area contributed by atoms with E-state index in [9.17, 15) is 4.79 Å². The minimum atomic E-state index is 0.0236. The molecule has 0 bridgehead atoms. The highest BCUT2D eigenvalue weighted by molar-refractivity contribution is 9.10. The van der Waals surface area contributed by atoms with Crippen molar-refractivity contribution < 1.29 is 9.53 Å². The number of carbonyl (C=O) groups is 1. The molecular formula is C15H16BrNO2S. The van der Waals surface area contributed by atoms with E-state index in [-0.39, 0.29) is 5.91 Å². The minimum Gasteiger partial charge on any atom is -0.497 e. The summed E-state index contributed by atoms with van der Waals surface area (Å²) in [6.07, 6.45) is 2.32. The van der Waals surface area contributed by atoms with Crippen molar-refractivity contribution in [3.8, 4) is 5.75 Å². The topological polar surface area (TPSA) is 38.3 Å². The van der Waals surface area contributed by atoms with Crippen LogP contribution >= 0.6 is 27.3 Å². The summed E-state index contributed by atoms with van der Waals surface area (Å²) in [7, 11) is 1.61. The number of methoxy groups -OCH3 is 1. The first-order chi connectivity index (χ1) is 9.69. The van der Waals surface area contributed by atoms with Crippen molar-refractivity contribution in [2.24, 2.45) is 0 Å². The summed E-state index contributed by atoms with van der Waals surface area (Å²) in [5, 5.41) is 4.96. The van der Waals surface area contributed by atoms with Crippen molar-refractivity contribution in [1.29, 1.82) is 0 Å². The Morgan fingerprint density at radius 1 is 1.40 bits per heavy atom. The monoisotopic (exact) mass is 353 g/mol. The van der Waals surface area contributed by atoms with Gasteiger partial charge in [-0.05, 0) is 52.4 Å². The zero-order valence-electron chi connectivity index (χ0n) is 11.2. The first-order valence-electron chi connectivity index (χ1n) is 6.35. The van der Waals surface area contributed by atoms with Crippen molar-refractivity contribution in [3.63, 3.8) is 0 Å². The molecule has 0 saturated heterocycles. The number of hydrogen-bond donors (Lipinski definition) is 1. The zero-order valence-corrected chi connectivity index (χ0v) is 13.6. The molecule has 0 fully saturated rings. The first kappa shape index (κ1) is 15.1. The molecule has 0 aliphatic carbocycles. The quantitative estimate of drug-likeness (QED) is 0.831. The van der Waals surface area contributed by atoms with Gasteiger partial charge in [0.1, 0.15) is 5.75 Å². The maximum Gasteiger partial charge on any atom is 0.224 e. The average molecular weight is 354 g/mol. The van der Waals surface area contributed by atoms with Gasteiger partial charge in [-0.3, -0.25) is 4.79 Å². The van der Waals surface area contributed by atoms with E-state index in [4.69, 9.17) is 4.74 Å². The van der Waals surface area contributed by atoms with Crippen molar-refractivity contribution in [2.45, 2.75) is 19.3 Å². The van der Waals surface area contributed by atoms with E-state index in [1.54, 1.807) is 24.5 Å². The fourth-order valence-corrected chi connectivity index (χ4v) is 2.91. The molecule has 1 aromatic carbocycles. The number of benzene rings is 1. The normalized spacial score (nSPS) is 10.3. The van der Waals surface area contributed by atoms with E-state index in [2.05, 4.69) is 32.7 Å². The van der Waals surface area contributed by atoms with E-state index in [1.807, 2.05) is 18.2 Å². The second-order valence-electron chi connectivity index (χ2n) is 4.33. The van der Waals surface area contributed by atoms with Crippen LogP contribution in [0, 0.1) is 0 Å². The summed E-state index contributed by atoms with van der Waals surface area (Å²) in [6.45, 7) is 0. The predicted octanol–water partition coefficient (Wildman–Crippen LogP) is 4.48. The van der Waals surface area contributed by atoms with Crippen molar-refractivity contribution >= 4 is 38.9 Å². The number of anilines is 1. The van der Waals surface area contributed by atoms with Crippen molar-refractivity contribution in [3.05, 3.63) is 45.1 Å². The minimum absolute atomic E-state index is 0.0236. The highest BCUT2D eigenvalue weighted by atomic mass is 79.9. The number of amides is 1. The molecule has 20 heavy (non-hydrogen) atoms. The Morgan fingerprint density at radius 3 is 2.95 bits per heavy atom. The summed E-state index contributed by atoms with van der Waals surface area (Å²) in [5.41, 5.74) is 0.741. The Morgan fingerprint density at radius 2 is 2.25 bits per heavy atom. The van der Waals surface area contributed by atoms with Gasteiger partial charge in [0.2, 0.25) is 5.91 Å². The van der Waals surface area contributed by atoms with Crippen molar-refractivity contribution in [2.75, 3.05) is 12.4 Å². The molecule has 1 N–H and O–H groups in total. The highest BCUT2D eigenvalue weighted by Crippen LogP contribution is 2.27. The zero-order chi connectivity index (χ0) is 14.4. The lowest BCUT2D eigenvalue weighted by Crippen LogP contribution is -2.11. The van der Waals surface area contributed by atoms with E-state index >= 15 is 0 Å². The van der Waals surface area contributed by atoms with E-state index in [0.717, 1.165) is 28.8 Å². The third-order valence-corrected chi connectivity index (χ3v) is 4.48. The maximum atomic E-state index is 11.9. The summed E-state index contributed by atoms with van der Waals surface area (Å²) < 4.78 is 6.00. The number of aryl methyl sites for hydroxylation is 1. The molecule has 2 rings (SSSR count). The van der Waals surface area contributed by atoms with E-state index < -0.39 is 0 Å². The molecule has 1 heterocycles. The predicted molar refractivity (Wildman–Crippen MR) is 86.6 cm³/mol. The van der Waals surface area contributed by atoms with Gasteiger partial charge in [0.25, 0.3) is 0 Å². The number of thiophene rings is 1. The lowest BCUT2D eigenvalue weighted by Gasteiger charge is -2.09. The molecule has 0 aliphatic rings. The first-order valence-corrected chi connectivity index (χ1v) is 8.02. The molecule has 0 spiro atoms. The smallest absolute Gasteiger partial charge is 0.224 e. The Balaban J connectivity index is 1.84. The number of rotatable bonds is 6. The summed E-state index contributed by atoms with van der Waals surface area (Å²) in [5.74, 6) is 0.748. The van der Waals surface area contributed by atoms with Gasteiger partial charge in [0, 0.05) is 21.8 Å². The molecular weight excluding hydrogens is 338 g/mol. The van der Waals surface area contributed by atoms with Crippen LogP contribution in [0.15, 0.2) is 40.2 Å². The van der Waals surface area contributed by atoms with Gasteiger partial charge in [-0.15, -0.1) is 11.3 Å². The third-order valence-electron chi connectivity index (χ3n) is 2.85. The molecule has 5 heteroatoms. The highest BCUT2D eigenvalue weighted by Gasteiger charge is 2.07. The molecule has 3 nitrogen and oxygen atoms in total. The number of carbonyl (C=O) groups excluding carboxylic acids is 1. The van der Waals surface area contributed by atoms with Crippen LogP contribution in [0.25, 0.3) is 0 Å². The summed E-state index contributed by atoms with van der Waals surface area (Å²) in [4.78, 5) is 13.2. The Kier molecular flexibility index (Phi) is 5.61. The molecule has 2 aromatic rings. The largest absolute Gasteiger partial charge is 0.497 e. The number of hydrogen-bond acceptors (Lipinski definition) is 3. The second kappa shape index (κ2) is 7.45.